The van der Waals surface area contributed by atoms with Crippen LogP contribution in [0.5, 0.6) is 0 Å². The Morgan fingerprint density at radius 2 is 1.94 bits per heavy atom. The van der Waals surface area contributed by atoms with Crippen LogP contribution in [0.15, 0.2) is 47.6 Å². The number of carbonyl (C=O) groups is 2. The number of hydrogen-bond donors (Lipinski definition) is 2. The number of nitrogens with zero attached hydrogens (tertiary/aromatic N) is 3. The van der Waals surface area contributed by atoms with Gasteiger partial charge in [-0.3, -0.25) is 14.9 Å². The van der Waals surface area contributed by atoms with E-state index in [0.717, 1.165) is 5.56 Å². The number of carbonyl (C=O) groups excluding carboxylic acids is 2. The van der Waals surface area contributed by atoms with Gasteiger partial charge in [-0.15, -0.1) is 5.10 Å². The second-order valence-corrected chi connectivity index (χ2v) is 8.95. The highest BCUT2D eigenvalue weighted by molar-refractivity contribution is 7.98. The van der Waals surface area contributed by atoms with Gasteiger partial charge in [0.15, 0.2) is 0 Å². The molecule has 2 aromatic carbocycles. The maximum absolute atomic E-state index is 12.5. The van der Waals surface area contributed by atoms with Gasteiger partial charge in [-0.1, -0.05) is 70.8 Å². The summed E-state index contributed by atoms with van der Waals surface area (Å²) >= 11 is 19.7. The van der Waals surface area contributed by atoms with Crippen LogP contribution in [0.4, 0.5) is 11.6 Å². The third-order valence-electron chi connectivity index (χ3n) is 4.62. The van der Waals surface area contributed by atoms with Gasteiger partial charge in [0.05, 0.1) is 28.2 Å². The van der Waals surface area contributed by atoms with Crippen LogP contribution in [0.2, 0.25) is 15.1 Å². The zero-order valence-corrected chi connectivity index (χ0v) is 19.0. The van der Waals surface area contributed by atoms with Crippen molar-refractivity contribution in [3.63, 3.8) is 0 Å². The largest absolute Gasteiger partial charge is 0.325 e. The molecule has 3 aromatic rings. The van der Waals surface area contributed by atoms with E-state index < -0.39 is 5.92 Å². The van der Waals surface area contributed by atoms with Crippen molar-refractivity contribution < 1.29 is 9.59 Å². The first kappa shape index (κ1) is 22.0. The minimum absolute atomic E-state index is 0.0317. The lowest BCUT2D eigenvalue weighted by Crippen LogP contribution is -2.36. The summed E-state index contributed by atoms with van der Waals surface area (Å²) in [7, 11) is 0. The topological polar surface area (TPSA) is 88.9 Å². The maximum Gasteiger partial charge on any atom is 0.232 e. The lowest BCUT2D eigenvalue weighted by molar-refractivity contribution is -0.126. The van der Waals surface area contributed by atoms with Crippen LogP contribution in [0.25, 0.3) is 0 Å². The van der Waals surface area contributed by atoms with Crippen LogP contribution >= 0.6 is 46.6 Å². The fourth-order valence-corrected chi connectivity index (χ4v) is 4.52. The molecule has 4 rings (SSSR count). The van der Waals surface area contributed by atoms with Gasteiger partial charge >= 0.3 is 0 Å². The van der Waals surface area contributed by atoms with E-state index in [2.05, 4.69) is 20.7 Å². The maximum atomic E-state index is 12.5. The van der Waals surface area contributed by atoms with Crippen molar-refractivity contribution in [2.75, 3.05) is 10.6 Å². The van der Waals surface area contributed by atoms with Crippen molar-refractivity contribution in [1.82, 2.24) is 14.8 Å². The molecule has 0 aliphatic carbocycles. The zero-order valence-electron chi connectivity index (χ0n) is 15.9. The number of anilines is 2. The first-order valence-electron chi connectivity index (χ1n) is 9.26. The van der Waals surface area contributed by atoms with Crippen molar-refractivity contribution in [3.05, 3.63) is 63.1 Å². The van der Waals surface area contributed by atoms with Crippen molar-refractivity contribution in [2.24, 2.45) is 5.92 Å². The summed E-state index contributed by atoms with van der Waals surface area (Å²) in [6.07, 6.45) is -0.0317. The Labute approximate surface area is 197 Å². The molecular formula is C20H16Cl3N5O2S. The number of fused-ring (bicyclic) bond motifs is 1. The second kappa shape index (κ2) is 9.48. The molecule has 2 amide bonds. The second-order valence-electron chi connectivity index (χ2n) is 6.82. The Morgan fingerprint density at radius 3 is 2.74 bits per heavy atom. The van der Waals surface area contributed by atoms with Gasteiger partial charge in [-0.25, -0.2) is 4.68 Å². The van der Waals surface area contributed by atoms with E-state index in [9.17, 15) is 9.59 Å². The van der Waals surface area contributed by atoms with E-state index >= 15 is 0 Å². The predicted octanol–water partition coefficient (Wildman–Crippen LogP) is 5.13. The molecule has 0 radical (unpaired) electrons. The highest BCUT2D eigenvalue weighted by Gasteiger charge is 2.30. The number of benzene rings is 2. The van der Waals surface area contributed by atoms with Crippen molar-refractivity contribution in [3.8, 4) is 0 Å². The van der Waals surface area contributed by atoms with E-state index in [-0.39, 0.29) is 29.8 Å². The molecule has 0 fully saturated rings. The highest BCUT2D eigenvalue weighted by atomic mass is 35.5. The molecule has 0 saturated heterocycles. The monoisotopic (exact) mass is 495 g/mol. The summed E-state index contributed by atoms with van der Waals surface area (Å²) < 4.78 is 1.60. The molecule has 2 heterocycles. The Morgan fingerprint density at radius 1 is 1.16 bits per heavy atom. The van der Waals surface area contributed by atoms with E-state index in [1.54, 1.807) is 22.9 Å². The molecule has 2 N–H and O–H groups in total. The van der Waals surface area contributed by atoms with E-state index in [0.29, 0.717) is 32.6 Å². The average Bonchev–Trinajstić information content (AvgIpc) is 3.12. The normalized spacial score (nSPS) is 15.3. The van der Waals surface area contributed by atoms with Gasteiger partial charge in [-0.05, 0) is 23.8 Å². The molecule has 0 saturated carbocycles. The number of hydrogen-bond acceptors (Lipinski definition) is 5. The first-order valence-corrected chi connectivity index (χ1v) is 11.4. The number of amides is 2. The van der Waals surface area contributed by atoms with Crippen molar-refractivity contribution in [2.45, 2.75) is 23.9 Å². The van der Waals surface area contributed by atoms with Crippen LogP contribution in [-0.4, -0.2) is 26.6 Å². The summed E-state index contributed by atoms with van der Waals surface area (Å²) in [4.78, 5) is 29.3. The van der Waals surface area contributed by atoms with E-state index in [1.165, 1.54) is 11.8 Å². The number of rotatable bonds is 6. The Bertz CT molecular complexity index is 1150. The average molecular weight is 497 g/mol. The van der Waals surface area contributed by atoms with Gasteiger partial charge in [0.25, 0.3) is 0 Å². The molecule has 0 spiro atoms. The molecule has 11 heteroatoms. The zero-order chi connectivity index (χ0) is 22.0. The van der Waals surface area contributed by atoms with Crippen molar-refractivity contribution >= 4 is 70.0 Å². The van der Waals surface area contributed by atoms with Gasteiger partial charge in [-0.2, -0.15) is 4.98 Å². The molecule has 7 nitrogen and oxygen atoms in total. The fraction of sp³-hybridized carbons (Fsp3) is 0.200. The SMILES string of the molecule is O=C(CC1Cn2nc(SCc3ccccc3Cl)nc2NC1=O)Nc1cccc(Cl)c1Cl. The minimum Gasteiger partial charge on any atom is -0.325 e. The molecule has 1 atom stereocenters. The van der Waals surface area contributed by atoms with Gasteiger partial charge in [0.2, 0.25) is 22.9 Å². The third kappa shape index (κ3) is 5.15. The first-order chi connectivity index (χ1) is 14.9. The number of halogens is 3. The smallest absolute Gasteiger partial charge is 0.232 e. The summed E-state index contributed by atoms with van der Waals surface area (Å²) in [6, 6.07) is 12.5. The van der Waals surface area contributed by atoms with Gasteiger partial charge < -0.3 is 5.32 Å². The molecule has 0 bridgehead atoms. The van der Waals surface area contributed by atoms with Gasteiger partial charge in [0.1, 0.15) is 0 Å². The minimum atomic E-state index is -0.589. The van der Waals surface area contributed by atoms with Crippen molar-refractivity contribution in [1.29, 1.82) is 0 Å². The molecule has 1 aliphatic heterocycles. The quantitative estimate of drug-likeness (QED) is 0.462. The van der Waals surface area contributed by atoms with Crippen LogP contribution in [0, 0.1) is 5.92 Å². The third-order valence-corrected chi connectivity index (χ3v) is 6.70. The number of aromatic nitrogens is 3. The standard InChI is InChI=1S/C20H16Cl3N5O2S/c21-13-5-2-1-4-11(13)10-31-20-26-19-25-18(30)12(9-28(19)27-20)8-16(29)24-15-7-3-6-14(22)17(15)23/h1-7,12H,8-10H2,(H,24,29)(H,25,26,27,30). The fourth-order valence-electron chi connectivity index (χ4n) is 3.05. The lowest BCUT2D eigenvalue weighted by atomic mass is 10.0. The molecular weight excluding hydrogens is 481 g/mol. The van der Waals surface area contributed by atoms with Gasteiger partial charge in [0, 0.05) is 17.2 Å². The molecule has 1 aliphatic rings. The van der Waals surface area contributed by atoms with Crippen LogP contribution in [0.1, 0.15) is 12.0 Å². The molecule has 160 valence electrons. The Balaban J connectivity index is 1.39. The molecule has 1 unspecified atom stereocenters. The van der Waals surface area contributed by atoms with Crippen LogP contribution in [-0.2, 0) is 21.9 Å². The van der Waals surface area contributed by atoms with Crippen LogP contribution < -0.4 is 10.6 Å². The lowest BCUT2D eigenvalue weighted by Gasteiger charge is -2.21. The summed E-state index contributed by atoms with van der Waals surface area (Å²) in [6.45, 7) is 0.248. The summed E-state index contributed by atoms with van der Waals surface area (Å²) in [5.41, 5.74) is 1.37. The molecule has 31 heavy (non-hydrogen) atoms. The van der Waals surface area contributed by atoms with Crippen LogP contribution in [0.3, 0.4) is 0 Å². The summed E-state index contributed by atoms with van der Waals surface area (Å²) in [5, 5.41) is 11.6. The van der Waals surface area contributed by atoms with E-state index in [4.69, 9.17) is 34.8 Å². The van der Waals surface area contributed by atoms with E-state index in [1.807, 2.05) is 24.3 Å². The Hall–Kier alpha value is -2.26. The Kier molecular flexibility index (Phi) is 6.71. The molecule has 1 aromatic heterocycles. The number of nitrogens with one attached hydrogen (secondary N) is 2. The summed E-state index contributed by atoms with van der Waals surface area (Å²) in [5.74, 6) is -0.255. The predicted molar refractivity (Wildman–Crippen MR) is 123 cm³/mol. The number of thioether (sulfide) groups is 1. The highest BCUT2D eigenvalue weighted by Crippen LogP contribution is 2.31.